The highest BCUT2D eigenvalue weighted by atomic mass is 19.4. The zero-order valence-electron chi connectivity index (χ0n) is 15.2. The summed E-state index contributed by atoms with van der Waals surface area (Å²) in [6, 6.07) is 18.1. The Bertz CT molecular complexity index is 1090. The van der Waals surface area contributed by atoms with E-state index < -0.39 is 23.5 Å². The van der Waals surface area contributed by atoms with E-state index in [1.54, 1.807) is 24.3 Å². The second kappa shape index (κ2) is 7.16. The first kappa shape index (κ1) is 19.9. The van der Waals surface area contributed by atoms with Crippen molar-refractivity contribution in [2.45, 2.75) is 12.4 Å². The predicted molar refractivity (Wildman–Crippen MR) is 103 cm³/mol. The van der Waals surface area contributed by atoms with Gasteiger partial charge in [-0.3, -0.25) is 0 Å². The van der Waals surface area contributed by atoms with Crippen LogP contribution in [-0.2, 0) is 12.4 Å². The number of pyridine rings is 1. The summed E-state index contributed by atoms with van der Waals surface area (Å²) in [4.78, 5) is 4.58. The van der Waals surface area contributed by atoms with Crippen molar-refractivity contribution in [1.29, 1.82) is 0 Å². The number of alkyl halides is 6. The molecule has 3 aromatic carbocycles. The summed E-state index contributed by atoms with van der Waals surface area (Å²) in [5, 5.41) is 0.767. The molecule has 0 fully saturated rings. The van der Waals surface area contributed by atoms with E-state index in [9.17, 15) is 26.3 Å². The van der Waals surface area contributed by atoms with Crippen LogP contribution in [0.15, 0.2) is 78.9 Å². The van der Waals surface area contributed by atoms with Gasteiger partial charge in [-0.2, -0.15) is 26.3 Å². The molecule has 4 rings (SSSR count). The van der Waals surface area contributed by atoms with Crippen LogP contribution < -0.4 is 0 Å². The maximum Gasteiger partial charge on any atom is 0.416 e. The van der Waals surface area contributed by atoms with Crippen LogP contribution in [0.1, 0.15) is 11.1 Å². The molecule has 0 amide bonds. The minimum absolute atomic E-state index is 0.391. The van der Waals surface area contributed by atoms with Gasteiger partial charge in [-0.25, -0.2) is 4.98 Å². The highest BCUT2D eigenvalue weighted by Gasteiger charge is 2.31. The topological polar surface area (TPSA) is 12.9 Å². The zero-order chi connectivity index (χ0) is 21.5. The molecule has 1 aromatic heterocycles. The molecule has 0 radical (unpaired) electrons. The summed E-state index contributed by atoms with van der Waals surface area (Å²) in [6.07, 6.45) is -8.93. The minimum atomic E-state index is -4.47. The summed E-state index contributed by atoms with van der Waals surface area (Å²) >= 11 is 0. The van der Waals surface area contributed by atoms with Crippen molar-refractivity contribution in [2.24, 2.45) is 0 Å². The summed E-state index contributed by atoms with van der Waals surface area (Å²) in [6.45, 7) is 0. The van der Waals surface area contributed by atoms with Gasteiger partial charge in [0.2, 0.25) is 0 Å². The fourth-order valence-corrected chi connectivity index (χ4v) is 3.21. The van der Waals surface area contributed by atoms with Gasteiger partial charge in [-0.1, -0.05) is 42.5 Å². The summed E-state index contributed by atoms with van der Waals surface area (Å²) in [5.41, 5.74) is 0.895. The molecule has 0 bridgehead atoms. The molecule has 0 spiro atoms. The lowest BCUT2D eigenvalue weighted by Gasteiger charge is -2.14. The van der Waals surface area contributed by atoms with Crippen molar-refractivity contribution in [3.05, 3.63) is 90.0 Å². The van der Waals surface area contributed by atoms with E-state index in [0.717, 1.165) is 29.7 Å². The Morgan fingerprint density at radius 2 is 1.07 bits per heavy atom. The average Bonchev–Trinajstić information content (AvgIpc) is 2.72. The Labute approximate surface area is 167 Å². The molecule has 0 saturated carbocycles. The van der Waals surface area contributed by atoms with Gasteiger partial charge in [-0.05, 0) is 42.0 Å². The summed E-state index contributed by atoms with van der Waals surface area (Å²) in [5.74, 6) is 0. The zero-order valence-corrected chi connectivity index (χ0v) is 15.2. The number of nitrogens with zero attached hydrogens (tertiary/aromatic N) is 1. The number of hydrogen-bond donors (Lipinski definition) is 0. The number of rotatable bonds is 2. The lowest BCUT2D eigenvalue weighted by Crippen LogP contribution is -2.04. The Morgan fingerprint density at radius 1 is 0.567 bits per heavy atom. The molecular formula is C23H13F6N. The van der Waals surface area contributed by atoms with Crippen molar-refractivity contribution < 1.29 is 26.3 Å². The molecule has 0 aliphatic heterocycles. The van der Waals surface area contributed by atoms with Crippen molar-refractivity contribution in [2.75, 3.05) is 0 Å². The van der Waals surface area contributed by atoms with E-state index in [4.69, 9.17) is 0 Å². The monoisotopic (exact) mass is 417 g/mol. The van der Waals surface area contributed by atoms with Crippen LogP contribution >= 0.6 is 0 Å². The van der Waals surface area contributed by atoms with E-state index in [1.807, 2.05) is 6.07 Å². The summed E-state index contributed by atoms with van der Waals surface area (Å²) < 4.78 is 77.4. The molecule has 0 aliphatic rings. The van der Waals surface area contributed by atoms with Crippen molar-refractivity contribution in [3.63, 3.8) is 0 Å². The molecule has 0 saturated heterocycles. The highest BCUT2D eigenvalue weighted by Crippen LogP contribution is 2.37. The lowest BCUT2D eigenvalue weighted by molar-refractivity contribution is -0.138. The van der Waals surface area contributed by atoms with Crippen LogP contribution in [0, 0.1) is 0 Å². The van der Waals surface area contributed by atoms with Crippen molar-refractivity contribution >= 4 is 10.9 Å². The van der Waals surface area contributed by atoms with E-state index in [2.05, 4.69) is 4.98 Å². The predicted octanol–water partition coefficient (Wildman–Crippen LogP) is 7.61. The second-order valence-electron chi connectivity index (χ2n) is 6.73. The van der Waals surface area contributed by atoms with Crippen LogP contribution in [0.3, 0.4) is 0 Å². The maximum absolute atomic E-state index is 12.9. The average molecular weight is 417 g/mol. The quantitative estimate of drug-likeness (QED) is 0.306. The number of hydrogen-bond acceptors (Lipinski definition) is 1. The minimum Gasteiger partial charge on any atom is -0.247 e. The molecule has 30 heavy (non-hydrogen) atoms. The fraction of sp³-hybridized carbons (Fsp3) is 0.0870. The number of fused-ring (bicyclic) bond motifs is 1. The first-order chi connectivity index (χ1) is 14.1. The van der Waals surface area contributed by atoms with Gasteiger partial charge in [0, 0.05) is 16.5 Å². The molecule has 0 aliphatic carbocycles. The van der Waals surface area contributed by atoms with E-state index in [1.165, 1.54) is 24.3 Å². The molecule has 0 N–H and O–H groups in total. The SMILES string of the molecule is FC(F)(F)c1ccc(-c2cc3ccccc3nc2-c2ccc(C(F)(F)F)cc2)cc1. The van der Waals surface area contributed by atoms with Gasteiger partial charge in [0.25, 0.3) is 0 Å². The molecule has 1 nitrogen and oxygen atoms in total. The van der Waals surface area contributed by atoms with E-state index in [0.29, 0.717) is 27.9 Å². The largest absolute Gasteiger partial charge is 0.416 e. The van der Waals surface area contributed by atoms with Gasteiger partial charge in [-0.15, -0.1) is 0 Å². The third kappa shape index (κ3) is 3.87. The number of halogens is 6. The van der Waals surface area contributed by atoms with E-state index >= 15 is 0 Å². The number of aromatic nitrogens is 1. The first-order valence-electron chi connectivity index (χ1n) is 8.88. The van der Waals surface area contributed by atoms with Gasteiger partial charge < -0.3 is 0 Å². The van der Waals surface area contributed by atoms with Gasteiger partial charge in [0.15, 0.2) is 0 Å². The maximum atomic E-state index is 12.9. The van der Waals surface area contributed by atoms with Gasteiger partial charge >= 0.3 is 12.4 Å². The van der Waals surface area contributed by atoms with Crippen molar-refractivity contribution in [3.8, 4) is 22.4 Å². The Morgan fingerprint density at radius 3 is 1.60 bits per heavy atom. The second-order valence-corrected chi connectivity index (χ2v) is 6.73. The van der Waals surface area contributed by atoms with Crippen LogP contribution in [0.25, 0.3) is 33.3 Å². The fourth-order valence-electron chi connectivity index (χ4n) is 3.21. The third-order valence-corrected chi connectivity index (χ3v) is 4.73. The van der Waals surface area contributed by atoms with Crippen molar-refractivity contribution in [1.82, 2.24) is 4.98 Å². The van der Waals surface area contributed by atoms with Gasteiger partial charge in [0.05, 0.1) is 22.3 Å². The molecule has 1 heterocycles. The highest BCUT2D eigenvalue weighted by molar-refractivity contribution is 5.91. The summed E-state index contributed by atoms with van der Waals surface area (Å²) in [7, 11) is 0. The van der Waals surface area contributed by atoms with Crippen LogP contribution in [0.5, 0.6) is 0 Å². The number of benzene rings is 3. The Hall–Kier alpha value is -3.35. The molecule has 0 unspecified atom stereocenters. The molecule has 152 valence electrons. The van der Waals surface area contributed by atoms with Gasteiger partial charge in [0.1, 0.15) is 0 Å². The third-order valence-electron chi connectivity index (χ3n) is 4.73. The first-order valence-corrected chi connectivity index (χ1v) is 8.88. The molecule has 7 heteroatoms. The van der Waals surface area contributed by atoms with Crippen LogP contribution in [0.4, 0.5) is 26.3 Å². The van der Waals surface area contributed by atoms with Crippen LogP contribution in [-0.4, -0.2) is 4.98 Å². The van der Waals surface area contributed by atoms with E-state index in [-0.39, 0.29) is 0 Å². The number of para-hydroxylation sites is 1. The molecule has 0 atom stereocenters. The molecular weight excluding hydrogens is 404 g/mol. The Balaban J connectivity index is 1.88. The van der Waals surface area contributed by atoms with Crippen LogP contribution in [0.2, 0.25) is 0 Å². The normalized spacial score (nSPS) is 12.3. The lowest BCUT2D eigenvalue weighted by atomic mass is 9.96. The molecule has 4 aromatic rings. The standard InChI is InChI=1S/C23H13F6N/c24-22(25,26)17-9-5-14(6-10-17)19-13-16-3-1-2-4-20(16)30-21(19)15-7-11-18(12-8-15)23(27,28)29/h1-13H. The Kier molecular flexibility index (Phi) is 4.76. The smallest absolute Gasteiger partial charge is 0.247 e.